The van der Waals surface area contributed by atoms with Crippen LogP contribution >= 0.6 is 0 Å². The summed E-state index contributed by atoms with van der Waals surface area (Å²) >= 11 is 0. The summed E-state index contributed by atoms with van der Waals surface area (Å²) in [5.74, 6) is -0.129. The normalized spacial score (nSPS) is 16.2. The van der Waals surface area contributed by atoms with Crippen LogP contribution in [0.5, 0.6) is 0 Å². The topological polar surface area (TPSA) is 67.2 Å². The molecule has 0 spiro atoms. The third-order valence-corrected chi connectivity index (χ3v) is 3.53. The van der Waals surface area contributed by atoms with Crippen LogP contribution in [0.15, 0.2) is 18.2 Å². The lowest BCUT2D eigenvalue weighted by atomic mass is 9.87. The van der Waals surface area contributed by atoms with Gasteiger partial charge in [0.15, 0.2) is 0 Å². The maximum atomic E-state index is 12.1. The molecule has 0 radical (unpaired) electrons. The second kappa shape index (κ2) is 5.21. The molecule has 4 nitrogen and oxygen atoms in total. The molecule has 1 aromatic carbocycles. The summed E-state index contributed by atoms with van der Waals surface area (Å²) in [6, 6.07) is 5.47. The van der Waals surface area contributed by atoms with E-state index in [2.05, 4.69) is 10.6 Å². The number of carbonyl (C=O) groups excluding carboxylic acids is 1. The van der Waals surface area contributed by atoms with Gasteiger partial charge in [0.2, 0.25) is 5.91 Å². The van der Waals surface area contributed by atoms with E-state index in [1.165, 1.54) is 11.3 Å². The van der Waals surface area contributed by atoms with E-state index in [4.69, 9.17) is 5.73 Å². The summed E-state index contributed by atoms with van der Waals surface area (Å²) in [4.78, 5) is 12.1. The fraction of sp³-hybridized carbons (Fsp3) is 0.533. The first-order valence-corrected chi connectivity index (χ1v) is 6.81. The van der Waals surface area contributed by atoms with Gasteiger partial charge in [-0.25, -0.2) is 0 Å². The van der Waals surface area contributed by atoms with E-state index in [0.717, 1.165) is 25.1 Å². The fourth-order valence-corrected chi connectivity index (χ4v) is 2.17. The first kappa shape index (κ1) is 13.9. The van der Waals surface area contributed by atoms with Crippen molar-refractivity contribution in [1.29, 1.82) is 0 Å². The second-order valence-electron chi connectivity index (χ2n) is 6.24. The van der Waals surface area contributed by atoms with Crippen LogP contribution in [0.1, 0.15) is 32.8 Å². The lowest BCUT2D eigenvalue weighted by Crippen LogP contribution is -2.45. The van der Waals surface area contributed by atoms with Crippen LogP contribution in [0, 0.1) is 5.41 Å². The first-order valence-electron chi connectivity index (χ1n) is 6.81. The molecule has 0 bridgehead atoms. The third kappa shape index (κ3) is 3.26. The first-order chi connectivity index (χ1) is 8.88. The SMILES string of the molecule is CC(C)(C)[C@H](N)C(=O)Nc1ccc2c(c1)CCCN2. The van der Waals surface area contributed by atoms with Gasteiger partial charge in [-0.15, -0.1) is 0 Å². The summed E-state index contributed by atoms with van der Waals surface area (Å²) in [6.07, 6.45) is 2.18. The van der Waals surface area contributed by atoms with Crippen molar-refractivity contribution >= 4 is 17.3 Å². The molecule has 104 valence electrons. The molecule has 1 atom stereocenters. The lowest BCUT2D eigenvalue weighted by molar-refractivity contribution is -0.119. The standard InChI is InChI=1S/C15H23N3O/c1-15(2,3)13(16)14(19)18-11-6-7-12-10(9-11)5-4-8-17-12/h6-7,9,13,17H,4-5,8,16H2,1-3H3,(H,18,19)/t13-/m1/s1. The van der Waals surface area contributed by atoms with Gasteiger partial charge in [0, 0.05) is 17.9 Å². The number of amides is 1. The summed E-state index contributed by atoms with van der Waals surface area (Å²) in [5, 5.41) is 6.26. The van der Waals surface area contributed by atoms with Crippen molar-refractivity contribution in [3.8, 4) is 0 Å². The molecule has 4 heteroatoms. The highest BCUT2D eigenvalue weighted by atomic mass is 16.2. The average molecular weight is 261 g/mol. The monoisotopic (exact) mass is 261 g/mol. The van der Waals surface area contributed by atoms with Gasteiger partial charge in [0.05, 0.1) is 6.04 Å². The Balaban J connectivity index is 2.09. The maximum Gasteiger partial charge on any atom is 0.241 e. The zero-order chi connectivity index (χ0) is 14.0. The van der Waals surface area contributed by atoms with Crippen molar-refractivity contribution in [3.63, 3.8) is 0 Å². The van der Waals surface area contributed by atoms with Gasteiger partial charge in [-0.3, -0.25) is 4.79 Å². The highest BCUT2D eigenvalue weighted by molar-refractivity contribution is 5.95. The Kier molecular flexibility index (Phi) is 3.80. The number of anilines is 2. The zero-order valence-electron chi connectivity index (χ0n) is 11.9. The van der Waals surface area contributed by atoms with Crippen LogP contribution in [0.3, 0.4) is 0 Å². The Morgan fingerprint density at radius 2 is 2.16 bits per heavy atom. The van der Waals surface area contributed by atoms with Crippen molar-refractivity contribution in [1.82, 2.24) is 0 Å². The number of hydrogen-bond donors (Lipinski definition) is 3. The van der Waals surface area contributed by atoms with Gasteiger partial charge in [-0.1, -0.05) is 20.8 Å². The van der Waals surface area contributed by atoms with Crippen LogP contribution in [-0.2, 0) is 11.2 Å². The molecule has 4 N–H and O–H groups in total. The molecule has 0 fully saturated rings. The van der Waals surface area contributed by atoms with E-state index in [-0.39, 0.29) is 11.3 Å². The molecule has 1 heterocycles. The van der Waals surface area contributed by atoms with E-state index < -0.39 is 6.04 Å². The Hall–Kier alpha value is -1.55. The third-order valence-electron chi connectivity index (χ3n) is 3.53. The minimum absolute atomic E-state index is 0.129. The Morgan fingerprint density at radius 3 is 2.84 bits per heavy atom. The van der Waals surface area contributed by atoms with Crippen molar-refractivity contribution in [3.05, 3.63) is 23.8 Å². The van der Waals surface area contributed by atoms with Gasteiger partial charge >= 0.3 is 0 Å². The van der Waals surface area contributed by atoms with Gasteiger partial charge in [0.1, 0.15) is 0 Å². The summed E-state index contributed by atoms with van der Waals surface area (Å²) in [5.41, 5.74) is 8.97. The lowest BCUT2D eigenvalue weighted by Gasteiger charge is -2.26. The van der Waals surface area contributed by atoms with E-state index in [0.29, 0.717) is 0 Å². The van der Waals surface area contributed by atoms with Crippen molar-refractivity contribution in [2.24, 2.45) is 11.1 Å². The summed E-state index contributed by atoms with van der Waals surface area (Å²) in [6.45, 7) is 6.92. The molecule has 19 heavy (non-hydrogen) atoms. The molecule has 2 rings (SSSR count). The molecule has 1 aliphatic rings. The average Bonchev–Trinajstić information content (AvgIpc) is 2.36. The number of benzene rings is 1. The summed E-state index contributed by atoms with van der Waals surface area (Å²) < 4.78 is 0. The van der Waals surface area contributed by atoms with Crippen LogP contribution in [-0.4, -0.2) is 18.5 Å². The molecule has 0 unspecified atom stereocenters. The molecule has 1 aliphatic heterocycles. The quantitative estimate of drug-likeness (QED) is 0.765. The van der Waals surface area contributed by atoms with E-state index in [9.17, 15) is 4.79 Å². The highest BCUT2D eigenvalue weighted by Gasteiger charge is 2.27. The molecule has 0 saturated carbocycles. The van der Waals surface area contributed by atoms with Gasteiger partial charge in [-0.05, 0) is 42.0 Å². The van der Waals surface area contributed by atoms with Gasteiger partial charge in [0.25, 0.3) is 0 Å². The maximum absolute atomic E-state index is 12.1. The van der Waals surface area contributed by atoms with Crippen LogP contribution in [0.4, 0.5) is 11.4 Å². The number of rotatable bonds is 2. The Morgan fingerprint density at radius 1 is 1.42 bits per heavy atom. The van der Waals surface area contributed by atoms with E-state index >= 15 is 0 Å². The minimum Gasteiger partial charge on any atom is -0.385 e. The number of carbonyl (C=O) groups is 1. The van der Waals surface area contributed by atoms with E-state index in [1.807, 2.05) is 39.0 Å². The fourth-order valence-electron chi connectivity index (χ4n) is 2.17. The number of aryl methyl sites for hydroxylation is 1. The van der Waals surface area contributed by atoms with E-state index in [1.54, 1.807) is 0 Å². The predicted octanol–water partition coefficient (Wildman–Crippen LogP) is 2.36. The molecular weight excluding hydrogens is 238 g/mol. The number of nitrogens with two attached hydrogens (primary N) is 1. The number of hydrogen-bond acceptors (Lipinski definition) is 3. The Bertz CT molecular complexity index is 477. The molecule has 0 aromatic heterocycles. The smallest absolute Gasteiger partial charge is 0.241 e. The second-order valence-corrected chi connectivity index (χ2v) is 6.24. The highest BCUT2D eigenvalue weighted by Crippen LogP contribution is 2.26. The zero-order valence-corrected chi connectivity index (χ0v) is 11.9. The van der Waals surface area contributed by atoms with Crippen molar-refractivity contribution in [2.75, 3.05) is 17.2 Å². The Labute approximate surface area is 114 Å². The number of fused-ring (bicyclic) bond motifs is 1. The van der Waals surface area contributed by atoms with Crippen LogP contribution < -0.4 is 16.4 Å². The largest absolute Gasteiger partial charge is 0.385 e. The van der Waals surface area contributed by atoms with Crippen molar-refractivity contribution in [2.45, 2.75) is 39.7 Å². The molecule has 1 amide bonds. The number of nitrogens with one attached hydrogen (secondary N) is 2. The van der Waals surface area contributed by atoms with Crippen molar-refractivity contribution < 1.29 is 4.79 Å². The minimum atomic E-state index is -0.512. The van der Waals surface area contributed by atoms with Gasteiger partial charge in [-0.2, -0.15) is 0 Å². The van der Waals surface area contributed by atoms with Crippen LogP contribution in [0.2, 0.25) is 0 Å². The van der Waals surface area contributed by atoms with Crippen LogP contribution in [0.25, 0.3) is 0 Å². The molecule has 0 saturated heterocycles. The molecular formula is C15H23N3O. The summed E-state index contributed by atoms with van der Waals surface area (Å²) in [7, 11) is 0. The van der Waals surface area contributed by atoms with Gasteiger partial charge < -0.3 is 16.4 Å². The molecule has 1 aromatic rings. The molecule has 0 aliphatic carbocycles. The predicted molar refractivity (Wildman–Crippen MR) is 79.3 cm³/mol.